The Labute approximate surface area is 72.5 Å². The maximum absolute atomic E-state index is 5.25. The fraction of sp³-hybridized carbons (Fsp3) is 0.333. The molecule has 1 atom stereocenters. The molecule has 4 heteroatoms. The summed E-state index contributed by atoms with van der Waals surface area (Å²) in [5.41, 5.74) is 3.90. The largest absolute Gasteiger partial charge is 0.271 e. The first kappa shape index (κ1) is 8.20. The minimum absolute atomic E-state index is 0.238. The molecule has 1 unspecified atom stereocenters. The molecule has 10 heavy (non-hydrogen) atoms. The van der Waals surface area contributed by atoms with Gasteiger partial charge in [-0.15, -0.1) is 11.3 Å². The van der Waals surface area contributed by atoms with Crippen LogP contribution in [0.5, 0.6) is 0 Å². The molecule has 3 N–H and O–H groups in total. The molecule has 1 aromatic heterocycles. The van der Waals surface area contributed by atoms with E-state index in [0.717, 1.165) is 3.79 Å². The van der Waals surface area contributed by atoms with Gasteiger partial charge in [0.2, 0.25) is 0 Å². The van der Waals surface area contributed by atoms with Crippen molar-refractivity contribution in [1.29, 1.82) is 0 Å². The molecule has 0 amide bonds. The molecule has 0 saturated heterocycles. The van der Waals surface area contributed by atoms with Crippen molar-refractivity contribution in [2.75, 3.05) is 0 Å². The summed E-state index contributed by atoms with van der Waals surface area (Å²) in [6.45, 7) is 2.02. The highest BCUT2D eigenvalue weighted by Crippen LogP contribution is 2.24. The van der Waals surface area contributed by atoms with Gasteiger partial charge in [0.25, 0.3) is 0 Å². The van der Waals surface area contributed by atoms with Crippen LogP contribution in [0.3, 0.4) is 0 Å². The van der Waals surface area contributed by atoms with Crippen LogP contribution in [0, 0.1) is 0 Å². The topological polar surface area (TPSA) is 38.0 Å². The summed E-state index contributed by atoms with van der Waals surface area (Å²) in [4.78, 5) is 0. The Kier molecular flexibility index (Phi) is 2.85. The van der Waals surface area contributed by atoms with Crippen LogP contribution in [0.2, 0.25) is 0 Å². The molecular formula is C6H9BrN2S. The van der Waals surface area contributed by atoms with Gasteiger partial charge in [0.15, 0.2) is 0 Å². The summed E-state index contributed by atoms with van der Waals surface area (Å²) in [5.74, 6) is 5.25. The van der Waals surface area contributed by atoms with E-state index >= 15 is 0 Å². The highest BCUT2D eigenvalue weighted by Gasteiger charge is 2.03. The second kappa shape index (κ2) is 3.48. The van der Waals surface area contributed by atoms with Crippen LogP contribution in [-0.2, 0) is 0 Å². The van der Waals surface area contributed by atoms with Gasteiger partial charge >= 0.3 is 0 Å². The van der Waals surface area contributed by atoms with Crippen molar-refractivity contribution in [1.82, 2.24) is 5.43 Å². The van der Waals surface area contributed by atoms with Gasteiger partial charge in [-0.25, -0.2) is 0 Å². The van der Waals surface area contributed by atoms with Crippen molar-refractivity contribution in [3.05, 3.63) is 20.8 Å². The van der Waals surface area contributed by atoms with E-state index in [1.165, 1.54) is 5.56 Å². The monoisotopic (exact) mass is 220 g/mol. The van der Waals surface area contributed by atoms with Crippen LogP contribution in [0.25, 0.3) is 0 Å². The van der Waals surface area contributed by atoms with Crippen molar-refractivity contribution >= 4 is 27.3 Å². The zero-order valence-electron chi connectivity index (χ0n) is 5.60. The van der Waals surface area contributed by atoms with Gasteiger partial charge in [-0.2, -0.15) is 0 Å². The van der Waals surface area contributed by atoms with E-state index in [4.69, 9.17) is 5.84 Å². The molecule has 0 aliphatic carbocycles. The van der Waals surface area contributed by atoms with Crippen LogP contribution < -0.4 is 11.3 Å². The van der Waals surface area contributed by atoms with Gasteiger partial charge in [0, 0.05) is 6.04 Å². The van der Waals surface area contributed by atoms with Crippen LogP contribution in [0.4, 0.5) is 0 Å². The SMILES string of the molecule is CC(NN)c1csc(Br)c1. The summed E-state index contributed by atoms with van der Waals surface area (Å²) in [5, 5.41) is 2.08. The molecule has 0 spiro atoms. The molecule has 0 saturated carbocycles. The van der Waals surface area contributed by atoms with Gasteiger partial charge in [0.1, 0.15) is 0 Å². The van der Waals surface area contributed by atoms with Crippen molar-refractivity contribution in [3.63, 3.8) is 0 Å². The zero-order chi connectivity index (χ0) is 7.56. The third kappa shape index (κ3) is 1.79. The minimum Gasteiger partial charge on any atom is -0.271 e. The summed E-state index contributed by atoms with van der Waals surface area (Å²) in [6.07, 6.45) is 0. The number of halogens is 1. The van der Waals surface area contributed by atoms with Crippen molar-refractivity contribution < 1.29 is 0 Å². The molecule has 2 nitrogen and oxygen atoms in total. The van der Waals surface area contributed by atoms with Crippen molar-refractivity contribution in [2.45, 2.75) is 13.0 Å². The number of thiophene rings is 1. The lowest BCUT2D eigenvalue weighted by molar-refractivity contribution is 0.604. The average Bonchev–Trinajstić information content (AvgIpc) is 2.34. The Bertz CT molecular complexity index is 211. The third-order valence-electron chi connectivity index (χ3n) is 1.34. The van der Waals surface area contributed by atoms with Crippen LogP contribution in [0.15, 0.2) is 15.2 Å². The average molecular weight is 221 g/mol. The van der Waals surface area contributed by atoms with Crippen LogP contribution in [0.1, 0.15) is 18.5 Å². The van der Waals surface area contributed by atoms with E-state index < -0.39 is 0 Å². The molecule has 0 bridgehead atoms. The number of hydrogen-bond donors (Lipinski definition) is 2. The lowest BCUT2D eigenvalue weighted by atomic mass is 10.2. The fourth-order valence-corrected chi connectivity index (χ4v) is 1.92. The lowest BCUT2D eigenvalue weighted by Gasteiger charge is -2.05. The van der Waals surface area contributed by atoms with Crippen LogP contribution >= 0.6 is 27.3 Å². The first-order valence-electron chi connectivity index (χ1n) is 2.94. The minimum atomic E-state index is 0.238. The number of hydrogen-bond acceptors (Lipinski definition) is 3. The Morgan fingerprint density at radius 1 is 1.80 bits per heavy atom. The van der Waals surface area contributed by atoms with E-state index in [2.05, 4.69) is 32.8 Å². The molecule has 0 fully saturated rings. The molecule has 0 aliphatic heterocycles. The van der Waals surface area contributed by atoms with E-state index in [0.29, 0.717) is 0 Å². The summed E-state index contributed by atoms with van der Waals surface area (Å²) in [6, 6.07) is 2.30. The van der Waals surface area contributed by atoms with E-state index in [9.17, 15) is 0 Å². The predicted octanol–water partition coefficient (Wildman–Crippen LogP) is 2.03. The molecule has 0 aromatic carbocycles. The predicted molar refractivity (Wildman–Crippen MR) is 47.8 cm³/mol. The Morgan fingerprint density at radius 2 is 2.50 bits per heavy atom. The Hall–Kier alpha value is 0.100. The molecular weight excluding hydrogens is 212 g/mol. The Morgan fingerprint density at radius 3 is 2.90 bits per heavy atom. The molecule has 0 aliphatic rings. The number of nitrogens with one attached hydrogen (secondary N) is 1. The van der Waals surface area contributed by atoms with Gasteiger partial charge in [0.05, 0.1) is 3.79 Å². The first-order valence-corrected chi connectivity index (χ1v) is 4.61. The van der Waals surface area contributed by atoms with Gasteiger partial charge in [-0.3, -0.25) is 11.3 Å². The van der Waals surface area contributed by atoms with Gasteiger partial charge < -0.3 is 0 Å². The zero-order valence-corrected chi connectivity index (χ0v) is 8.00. The van der Waals surface area contributed by atoms with E-state index in [-0.39, 0.29) is 6.04 Å². The molecule has 56 valence electrons. The van der Waals surface area contributed by atoms with Gasteiger partial charge in [-0.05, 0) is 39.9 Å². The fourth-order valence-electron chi connectivity index (χ4n) is 0.647. The van der Waals surface area contributed by atoms with Crippen molar-refractivity contribution in [2.24, 2.45) is 5.84 Å². The highest BCUT2D eigenvalue weighted by molar-refractivity contribution is 9.11. The smallest absolute Gasteiger partial charge is 0.0701 e. The lowest BCUT2D eigenvalue weighted by Crippen LogP contribution is -2.25. The normalized spacial score (nSPS) is 13.5. The molecule has 0 radical (unpaired) electrons. The first-order chi connectivity index (χ1) is 4.74. The summed E-state index contributed by atoms with van der Waals surface area (Å²) < 4.78 is 1.14. The Balaban J connectivity index is 2.74. The van der Waals surface area contributed by atoms with Crippen LogP contribution in [-0.4, -0.2) is 0 Å². The molecule has 1 rings (SSSR count). The quantitative estimate of drug-likeness (QED) is 0.592. The second-order valence-electron chi connectivity index (χ2n) is 2.07. The second-order valence-corrected chi connectivity index (χ2v) is 4.36. The number of hydrazine groups is 1. The number of rotatable bonds is 2. The highest BCUT2D eigenvalue weighted by atomic mass is 79.9. The summed E-state index contributed by atoms with van der Waals surface area (Å²) >= 11 is 5.05. The van der Waals surface area contributed by atoms with Crippen molar-refractivity contribution in [3.8, 4) is 0 Å². The van der Waals surface area contributed by atoms with Gasteiger partial charge in [-0.1, -0.05) is 0 Å². The van der Waals surface area contributed by atoms with E-state index in [1.807, 2.05) is 6.92 Å². The maximum Gasteiger partial charge on any atom is 0.0701 e. The molecule has 1 heterocycles. The standard InChI is InChI=1S/C6H9BrN2S/c1-4(9-8)5-2-6(7)10-3-5/h2-4,9H,8H2,1H3. The number of nitrogens with two attached hydrogens (primary N) is 1. The third-order valence-corrected chi connectivity index (χ3v) is 2.86. The molecule has 1 aromatic rings. The maximum atomic E-state index is 5.25. The van der Waals surface area contributed by atoms with E-state index in [1.54, 1.807) is 11.3 Å². The summed E-state index contributed by atoms with van der Waals surface area (Å²) in [7, 11) is 0.